The number of amidine groups is 1. The third-order valence-electron chi connectivity index (χ3n) is 2.91. The van der Waals surface area contributed by atoms with E-state index in [-0.39, 0.29) is 5.01 Å². The summed E-state index contributed by atoms with van der Waals surface area (Å²) in [7, 11) is 0. The lowest BCUT2D eigenvalue weighted by Crippen LogP contribution is -2.46. The third kappa shape index (κ3) is 2.48. The zero-order valence-corrected chi connectivity index (χ0v) is 11.9. The van der Waals surface area contributed by atoms with E-state index in [4.69, 9.17) is 21.1 Å². The van der Waals surface area contributed by atoms with E-state index in [1.54, 1.807) is 0 Å². The molecule has 0 saturated carbocycles. The minimum Gasteiger partial charge on any atom is -0.426 e. The quantitative estimate of drug-likeness (QED) is 0.685. The van der Waals surface area contributed by atoms with Gasteiger partial charge in [0, 0.05) is 17.1 Å². The first-order valence-electron chi connectivity index (χ1n) is 5.74. The van der Waals surface area contributed by atoms with Crippen molar-refractivity contribution in [3.05, 3.63) is 28.8 Å². The molecule has 1 atom stereocenters. The summed E-state index contributed by atoms with van der Waals surface area (Å²) in [6.07, 6.45) is 0. The topological polar surface area (TPSA) is 34.1 Å². The van der Waals surface area contributed by atoms with Gasteiger partial charge in [0.25, 0.3) is 6.02 Å². The number of alkyl halides is 1. The Morgan fingerprint density at radius 2 is 2.33 bits per heavy atom. The summed E-state index contributed by atoms with van der Waals surface area (Å²) in [6, 6.07) is 6.29. The molecule has 1 unspecified atom stereocenters. The second-order valence-electron chi connectivity index (χ2n) is 4.18. The van der Waals surface area contributed by atoms with Crippen LogP contribution in [-0.4, -0.2) is 35.6 Å². The van der Waals surface area contributed by atoms with Crippen LogP contribution in [0.2, 0.25) is 5.02 Å². The van der Waals surface area contributed by atoms with Crippen LogP contribution < -0.4 is 4.74 Å². The molecule has 1 saturated heterocycles. The summed E-state index contributed by atoms with van der Waals surface area (Å²) < 4.78 is 11.2. The number of aliphatic imine (C=N–C) groups is 1. The highest BCUT2D eigenvalue weighted by atomic mass is 79.9. The van der Waals surface area contributed by atoms with E-state index >= 15 is 0 Å². The van der Waals surface area contributed by atoms with Crippen LogP contribution in [0.25, 0.3) is 0 Å². The number of fused-ring (bicyclic) bond motifs is 1. The van der Waals surface area contributed by atoms with Gasteiger partial charge in [0.1, 0.15) is 10.8 Å². The summed E-state index contributed by atoms with van der Waals surface area (Å²) in [5.74, 6) is 0.796. The predicted octanol–water partition coefficient (Wildman–Crippen LogP) is 2.64. The average molecular weight is 332 g/mol. The van der Waals surface area contributed by atoms with Crippen LogP contribution >= 0.6 is 27.5 Å². The van der Waals surface area contributed by atoms with Gasteiger partial charge in [-0.1, -0.05) is 33.6 Å². The molecule has 0 bridgehead atoms. The summed E-state index contributed by atoms with van der Waals surface area (Å²) in [6.45, 7) is 2.82. The lowest BCUT2D eigenvalue weighted by atomic mass is 10.2. The van der Waals surface area contributed by atoms with Crippen molar-refractivity contribution in [2.45, 2.75) is 11.6 Å². The van der Waals surface area contributed by atoms with Crippen molar-refractivity contribution >= 4 is 33.6 Å². The lowest BCUT2D eigenvalue weighted by molar-refractivity contribution is 0.0436. The van der Waals surface area contributed by atoms with Crippen molar-refractivity contribution in [3.8, 4) is 5.75 Å². The van der Waals surface area contributed by atoms with Crippen LogP contribution in [0.15, 0.2) is 23.2 Å². The number of hydrogen-bond donors (Lipinski definition) is 0. The first-order valence-corrected chi connectivity index (χ1v) is 7.03. The number of rotatable bonds is 0. The lowest BCUT2D eigenvalue weighted by Gasteiger charge is -2.33. The van der Waals surface area contributed by atoms with Gasteiger partial charge in [-0.05, 0) is 12.1 Å². The summed E-state index contributed by atoms with van der Waals surface area (Å²) in [4.78, 5) is 6.54. The van der Waals surface area contributed by atoms with Crippen molar-refractivity contribution in [1.82, 2.24) is 4.90 Å². The maximum atomic E-state index is 5.97. The molecule has 3 rings (SSSR count). The van der Waals surface area contributed by atoms with Crippen molar-refractivity contribution in [3.63, 3.8) is 0 Å². The van der Waals surface area contributed by atoms with E-state index in [0.29, 0.717) is 24.2 Å². The molecule has 2 aliphatic heterocycles. The molecule has 1 aromatic rings. The third-order valence-corrected chi connectivity index (χ3v) is 3.70. The molecule has 96 valence electrons. The van der Waals surface area contributed by atoms with Gasteiger partial charge in [0.15, 0.2) is 0 Å². The Bertz CT molecular complexity index is 495. The average Bonchev–Trinajstić information content (AvgIpc) is 2.38. The van der Waals surface area contributed by atoms with Gasteiger partial charge in [-0.25, -0.2) is 4.99 Å². The van der Waals surface area contributed by atoms with Crippen molar-refractivity contribution in [2.75, 3.05) is 19.7 Å². The summed E-state index contributed by atoms with van der Waals surface area (Å²) in [5, 5.41) is 0.702. The second kappa shape index (κ2) is 5.07. The molecule has 0 amide bonds. The minimum atomic E-state index is 0.0262. The Labute approximate surface area is 119 Å². The van der Waals surface area contributed by atoms with Gasteiger partial charge < -0.3 is 14.4 Å². The number of morpholine rings is 1. The molecule has 6 heteroatoms. The molecular formula is C12H12BrClN2O2. The van der Waals surface area contributed by atoms with Crippen LogP contribution in [-0.2, 0) is 11.3 Å². The molecule has 0 aliphatic carbocycles. The maximum absolute atomic E-state index is 5.97. The number of hydrogen-bond acceptors (Lipinski definition) is 4. The van der Waals surface area contributed by atoms with Gasteiger partial charge in [-0.2, -0.15) is 0 Å². The van der Waals surface area contributed by atoms with E-state index in [1.165, 1.54) is 0 Å². The monoisotopic (exact) mass is 330 g/mol. The van der Waals surface area contributed by atoms with Gasteiger partial charge in [-0.3, -0.25) is 0 Å². The van der Waals surface area contributed by atoms with Crippen LogP contribution in [0.3, 0.4) is 0 Å². The number of nitrogens with zero attached hydrogens (tertiary/aromatic N) is 2. The second-order valence-corrected chi connectivity index (χ2v) is 5.64. The summed E-state index contributed by atoms with van der Waals surface area (Å²) >= 11 is 9.42. The Morgan fingerprint density at radius 1 is 1.44 bits per heavy atom. The standard InChI is InChI=1S/C12H12BrClN2O2/c13-11-7-16(3-4-17-11)12-15-6-8-1-2-9(14)5-10(8)18-12/h1-2,5,11H,3-4,6-7H2. The molecule has 0 N–H and O–H groups in total. The molecule has 1 fully saturated rings. The van der Waals surface area contributed by atoms with Crippen LogP contribution in [0.4, 0.5) is 0 Å². The highest BCUT2D eigenvalue weighted by molar-refractivity contribution is 9.09. The van der Waals surface area contributed by atoms with Crippen molar-refractivity contribution in [2.24, 2.45) is 4.99 Å². The maximum Gasteiger partial charge on any atom is 0.293 e. The van der Waals surface area contributed by atoms with E-state index < -0.39 is 0 Å². The van der Waals surface area contributed by atoms with Gasteiger partial charge in [0.05, 0.1) is 19.7 Å². The van der Waals surface area contributed by atoms with Gasteiger partial charge in [-0.15, -0.1) is 0 Å². The van der Waals surface area contributed by atoms with Crippen LogP contribution in [0, 0.1) is 0 Å². The fourth-order valence-electron chi connectivity index (χ4n) is 1.98. The highest BCUT2D eigenvalue weighted by Crippen LogP contribution is 2.28. The first kappa shape index (κ1) is 12.3. The SMILES string of the molecule is Clc1ccc2c(c1)OC(N1CCOC(Br)C1)=NC2. The fourth-order valence-corrected chi connectivity index (χ4v) is 2.68. The first-order chi connectivity index (χ1) is 8.72. The number of halogens is 2. The van der Waals surface area contributed by atoms with E-state index in [2.05, 4.69) is 25.8 Å². The van der Waals surface area contributed by atoms with Crippen molar-refractivity contribution in [1.29, 1.82) is 0 Å². The molecule has 18 heavy (non-hydrogen) atoms. The number of ether oxygens (including phenoxy) is 2. The predicted molar refractivity (Wildman–Crippen MR) is 73.5 cm³/mol. The molecule has 1 aromatic carbocycles. The Balaban J connectivity index is 1.78. The largest absolute Gasteiger partial charge is 0.426 e. The Morgan fingerprint density at radius 3 is 3.17 bits per heavy atom. The normalized spacial score (nSPS) is 23.1. The van der Waals surface area contributed by atoms with Crippen LogP contribution in [0.5, 0.6) is 5.75 Å². The van der Waals surface area contributed by atoms with Crippen LogP contribution in [0.1, 0.15) is 5.56 Å². The van der Waals surface area contributed by atoms with E-state index in [1.807, 2.05) is 18.2 Å². The smallest absolute Gasteiger partial charge is 0.293 e. The minimum absolute atomic E-state index is 0.0262. The molecule has 0 spiro atoms. The number of benzene rings is 1. The Hall–Kier alpha value is -0.780. The molecule has 4 nitrogen and oxygen atoms in total. The Kier molecular flexibility index (Phi) is 3.46. The molecular weight excluding hydrogens is 320 g/mol. The summed E-state index contributed by atoms with van der Waals surface area (Å²) in [5.41, 5.74) is 1.06. The van der Waals surface area contributed by atoms with E-state index in [9.17, 15) is 0 Å². The molecule has 0 aromatic heterocycles. The van der Waals surface area contributed by atoms with Crippen molar-refractivity contribution < 1.29 is 9.47 Å². The zero-order chi connectivity index (χ0) is 12.5. The van der Waals surface area contributed by atoms with Gasteiger partial charge in [0.2, 0.25) is 0 Å². The highest BCUT2D eigenvalue weighted by Gasteiger charge is 2.25. The fraction of sp³-hybridized carbons (Fsp3) is 0.417. The molecule has 2 aliphatic rings. The zero-order valence-electron chi connectivity index (χ0n) is 9.60. The molecule has 0 radical (unpaired) electrons. The molecule has 2 heterocycles. The van der Waals surface area contributed by atoms with E-state index in [0.717, 1.165) is 24.4 Å². The van der Waals surface area contributed by atoms with Gasteiger partial charge >= 0.3 is 0 Å².